The van der Waals surface area contributed by atoms with Crippen LogP contribution in [0.3, 0.4) is 0 Å². The lowest BCUT2D eigenvalue weighted by Crippen LogP contribution is -2.22. The van der Waals surface area contributed by atoms with Gasteiger partial charge >= 0.3 is 0 Å². The molecule has 4 rings (SSSR count). The monoisotopic (exact) mass is 467 g/mol. The molecule has 2 aliphatic rings. The van der Waals surface area contributed by atoms with E-state index in [2.05, 4.69) is 4.98 Å². The first-order valence-corrected chi connectivity index (χ1v) is 11.7. The molecule has 0 bridgehead atoms. The molecule has 164 valence electrons. The standard InChI is InChI=1S/C24H22ClN3O3S/c1-16(29)28-15-19-13-22(21-6-4-5-7-24(21)32(30,31)27(2)3)26-14-18(19)9-8-17-12-20(25)10-11-23(17)28/h4-15,26H,1-3H3. The fourth-order valence-electron chi connectivity index (χ4n) is 3.57. The van der Waals surface area contributed by atoms with Crippen LogP contribution in [-0.4, -0.2) is 42.3 Å². The number of H-pyrrole nitrogens is 1. The predicted molar refractivity (Wildman–Crippen MR) is 128 cm³/mol. The Morgan fingerprint density at radius 1 is 1.00 bits per heavy atom. The summed E-state index contributed by atoms with van der Waals surface area (Å²) in [6.45, 7) is 1.49. The van der Waals surface area contributed by atoms with E-state index in [9.17, 15) is 13.2 Å². The zero-order chi connectivity index (χ0) is 23.0. The molecule has 0 amide bonds. The summed E-state index contributed by atoms with van der Waals surface area (Å²) < 4.78 is 28.5. The Morgan fingerprint density at radius 2 is 1.75 bits per heavy atom. The number of fused-ring (bicyclic) bond motifs is 2. The molecule has 0 fully saturated rings. The van der Waals surface area contributed by atoms with Crippen molar-refractivity contribution in [1.29, 1.82) is 0 Å². The Hall–Kier alpha value is -3.13. The lowest BCUT2D eigenvalue weighted by molar-refractivity contribution is 0.0941. The lowest BCUT2D eigenvalue weighted by Gasteiger charge is -2.16. The van der Waals surface area contributed by atoms with E-state index >= 15 is 0 Å². The summed E-state index contributed by atoms with van der Waals surface area (Å²) in [6.07, 6.45) is 3.55. The van der Waals surface area contributed by atoms with Gasteiger partial charge in [0.15, 0.2) is 0 Å². The molecular formula is C24H22ClN3O3S. The van der Waals surface area contributed by atoms with E-state index in [0.717, 1.165) is 16.5 Å². The summed E-state index contributed by atoms with van der Waals surface area (Å²) in [5.41, 5.74) is 3.50. The maximum atomic E-state index is 12.9. The Kier molecular flexibility index (Phi) is 5.81. The van der Waals surface area contributed by atoms with E-state index in [1.807, 2.05) is 24.3 Å². The van der Waals surface area contributed by atoms with Crippen LogP contribution >= 0.6 is 11.6 Å². The number of hydrogen-bond acceptors (Lipinski definition) is 3. The molecule has 1 N–H and O–H groups in total. The van der Waals surface area contributed by atoms with Gasteiger partial charge in [0.05, 0.1) is 10.4 Å². The Balaban J connectivity index is 2.02. The lowest BCUT2D eigenvalue weighted by atomic mass is 10.0. The first kappa shape index (κ1) is 22.1. The fourth-order valence-corrected chi connectivity index (χ4v) is 4.85. The van der Waals surface area contributed by atoms with E-state index < -0.39 is 10.0 Å². The molecule has 32 heavy (non-hydrogen) atoms. The second-order valence-corrected chi connectivity index (χ2v) is 10.2. The van der Waals surface area contributed by atoms with Gasteiger partial charge in [-0.1, -0.05) is 41.9 Å². The number of pyridine rings is 1. The van der Waals surface area contributed by atoms with Crippen molar-refractivity contribution < 1.29 is 13.2 Å². The van der Waals surface area contributed by atoms with Crippen LogP contribution in [0.1, 0.15) is 11.7 Å². The van der Waals surface area contributed by atoms with Crippen molar-refractivity contribution in [2.75, 3.05) is 14.1 Å². The number of nitrogens with one attached hydrogen (secondary N) is 1. The van der Waals surface area contributed by atoms with Crippen molar-refractivity contribution in [1.82, 2.24) is 13.9 Å². The van der Waals surface area contributed by atoms with Gasteiger partial charge in [0.25, 0.3) is 0 Å². The van der Waals surface area contributed by atoms with Crippen LogP contribution < -0.4 is 0 Å². The van der Waals surface area contributed by atoms with Crippen molar-refractivity contribution in [3.63, 3.8) is 0 Å². The molecule has 2 aromatic rings. The quantitative estimate of drug-likeness (QED) is 0.436. The summed E-state index contributed by atoms with van der Waals surface area (Å²) in [4.78, 5) is 15.9. The van der Waals surface area contributed by atoms with Crippen LogP contribution in [0.4, 0.5) is 0 Å². The van der Waals surface area contributed by atoms with Gasteiger partial charge < -0.3 is 4.98 Å². The van der Waals surface area contributed by atoms with E-state index in [0.29, 0.717) is 21.8 Å². The van der Waals surface area contributed by atoms with Gasteiger partial charge in [0.2, 0.25) is 15.9 Å². The third-order valence-electron chi connectivity index (χ3n) is 5.25. The fraction of sp³-hybridized carbons (Fsp3) is 0.125. The predicted octanol–water partition coefficient (Wildman–Crippen LogP) is 5.43. The summed E-state index contributed by atoms with van der Waals surface area (Å²) in [5.74, 6) is -0.153. The van der Waals surface area contributed by atoms with Crippen molar-refractivity contribution >= 4 is 38.4 Å². The van der Waals surface area contributed by atoms with Gasteiger partial charge in [-0.25, -0.2) is 12.7 Å². The molecule has 0 radical (unpaired) electrons. The first-order chi connectivity index (χ1) is 15.2. The second-order valence-electron chi connectivity index (χ2n) is 7.60. The molecule has 0 aliphatic carbocycles. The average Bonchev–Trinajstić information content (AvgIpc) is 2.75. The largest absolute Gasteiger partial charge is 0.361 e. The van der Waals surface area contributed by atoms with Crippen molar-refractivity contribution in [2.24, 2.45) is 0 Å². The minimum Gasteiger partial charge on any atom is -0.361 e. The third-order valence-corrected chi connectivity index (χ3v) is 7.36. The number of nitrogens with zero attached hydrogens (tertiary/aromatic N) is 2. The van der Waals surface area contributed by atoms with E-state index in [1.54, 1.807) is 53.4 Å². The summed E-state index contributed by atoms with van der Waals surface area (Å²) in [6, 6.07) is 17.9. The van der Waals surface area contributed by atoms with Crippen LogP contribution in [0.2, 0.25) is 5.02 Å². The van der Waals surface area contributed by atoms with Gasteiger partial charge in [-0.15, -0.1) is 0 Å². The number of aromatic nitrogens is 2. The first-order valence-electron chi connectivity index (χ1n) is 9.88. The van der Waals surface area contributed by atoms with Crippen LogP contribution in [0.25, 0.3) is 33.3 Å². The van der Waals surface area contributed by atoms with Crippen LogP contribution in [0, 0.1) is 0 Å². The molecule has 6 nitrogen and oxygen atoms in total. The van der Waals surface area contributed by atoms with Gasteiger partial charge in [-0.2, -0.15) is 0 Å². The Morgan fingerprint density at radius 3 is 2.47 bits per heavy atom. The topological polar surface area (TPSA) is 75.2 Å². The van der Waals surface area contributed by atoms with Crippen LogP contribution in [-0.2, 0) is 10.0 Å². The zero-order valence-electron chi connectivity index (χ0n) is 17.8. The summed E-state index contributed by atoms with van der Waals surface area (Å²) in [5, 5.41) is 1.40. The Bertz CT molecular complexity index is 1470. The number of hydrogen-bond donors (Lipinski definition) is 1. The number of halogens is 1. The highest BCUT2D eigenvalue weighted by Crippen LogP contribution is 2.31. The summed E-state index contributed by atoms with van der Waals surface area (Å²) in [7, 11) is -0.640. The molecule has 2 aliphatic heterocycles. The molecule has 8 heteroatoms. The average molecular weight is 468 g/mol. The van der Waals surface area contributed by atoms with Crippen molar-refractivity contribution in [2.45, 2.75) is 11.8 Å². The highest BCUT2D eigenvalue weighted by molar-refractivity contribution is 7.89. The van der Waals surface area contributed by atoms with Crippen molar-refractivity contribution in [3.05, 3.63) is 78.1 Å². The molecule has 0 aromatic heterocycles. The SMILES string of the molecule is CC(=O)n1cc2cc(-c3ccccc3S(=O)(=O)N(C)C)[nH]cc-2ccc2cc(Cl)ccc21. The minimum absolute atomic E-state index is 0.153. The van der Waals surface area contributed by atoms with E-state index in [1.165, 1.54) is 25.3 Å². The second kappa shape index (κ2) is 8.43. The zero-order valence-corrected chi connectivity index (χ0v) is 19.4. The number of benzene rings is 2. The van der Waals surface area contributed by atoms with E-state index in [-0.39, 0.29) is 10.8 Å². The molecule has 0 spiro atoms. The number of rotatable bonds is 3. The Labute approximate surface area is 191 Å². The van der Waals surface area contributed by atoms with Gasteiger partial charge in [-0.3, -0.25) is 9.36 Å². The van der Waals surface area contributed by atoms with Gasteiger partial charge in [0, 0.05) is 60.6 Å². The van der Waals surface area contributed by atoms with Crippen LogP contribution in [0.15, 0.2) is 78.0 Å². The summed E-state index contributed by atoms with van der Waals surface area (Å²) >= 11 is 6.15. The molecule has 0 atom stereocenters. The molecule has 0 unspecified atom stereocenters. The van der Waals surface area contributed by atoms with Gasteiger partial charge in [0.1, 0.15) is 0 Å². The maximum Gasteiger partial charge on any atom is 0.243 e. The normalized spacial score (nSPS) is 11.8. The third kappa shape index (κ3) is 4.02. The molecular weight excluding hydrogens is 446 g/mol. The van der Waals surface area contributed by atoms with Crippen LogP contribution in [0.5, 0.6) is 0 Å². The molecule has 0 saturated carbocycles. The number of carbonyl (C=O) groups excluding carboxylic acids is 1. The highest BCUT2D eigenvalue weighted by Gasteiger charge is 2.22. The van der Waals surface area contributed by atoms with Gasteiger partial charge in [-0.05, 0) is 35.9 Å². The number of aromatic amines is 1. The number of sulfonamides is 1. The molecule has 2 heterocycles. The smallest absolute Gasteiger partial charge is 0.243 e. The molecule has 0 saturated heterocycles. The maximum absolute atomic E-state index is 12.9. The molecule has 2 aromatic carbocycles. The highest BCUT2D eigenvalue weighted by atomic mass is 35.5. The van der Waals surface area contributed by atoms with E-state index in [4.69, 9.17) is 11.6 Å². The number of carbonyl (C=O) groups is 1. The van der Waals surface area contributed by atoms with Crippen molar-refractivity contribution in [3.8, 4) is 22.4 Å². The minimum atomic E-state index is -3.65.